The Labute approximate surface area is 121 Å². The molecule has 0 bridgehead atoms. The number of hydrogen-bond donors (Lipinski definition) is 1. The zero-order valence-corrected chi connectivity index (χ0v) is 13.0. The molecule has 112 valence electrons. The Morgan fingerprint density at radius 1 is 1.30 bits per heavy atom. The van der Waals surface area contributed by atoms with Gasteiger partial charge >= 0.3 is 0 Å². The Morgan fingerprint density at radius 3 is 2.70 bits per heavy atom. The van der Waals surface area contributed by atoms with Gasteiger partial charge in [-0.05, 0) is 39.1 Å². The minimum Gasteiger partial charge on any atom is -0.366 e. The molecule has 1 heterocycles. The third-order valence-corrected chi connectivity index (χ3v) is 4.27. The fourth-order valence-electron chi connectivity index (χ4n) is 2.75. The van der Waals surface area contributed by atoms with Crippen molar-refractivity contribution in [2.45, 2.75) is 32.9 Å². The molecule has 3 nitrogen and oxygen atoms in total. The van der Waals surface area contributed by atoms with Gasteiger partial charge in [0.05, 0.1) is 5.69 Å². The maximum Gasteiger partial charge on any atom is 0.146 e. The number of piperazine rings is 1. The third kappa shape index (κ3) is 3.13. The molecule has 20 heavy (non-hydrogen) atoms. The van der Waals surface area contributed by atoms with Crippen molar-refractivity contribution in [1.82, 2.24) is 10.2 Å². The van der Waals surface area contributed by atoms with Gasteiger partial charge in [-0.3, -0.25) is 4.90 Å². The fourth-order valence-corrected chi connectivity index (χ4v) is 2.75. The zero-order chi connectivity index (χ0) is 14.8. The van der Waals surface area contributed by atoms with Gasteiger partial charge in [-0.15, -0.1) is 0 Å². The first-order valence-corrected chi connectivity index (χ1v) is 7.40. The summed E-state index contributed by atoms with van der Waals surface area (Å²) in [6.45, 7) is 10.8. The van der Waals surface area contributed by atoms with Crippen LogP contribution < -0.4 is 10.2 Å². The first-order valence-electron chi connectivity index (χ1n) is 7.40. The maximum atomic E-state index is 14.3. The van der Waals surface area contributed by atoms with Crippen molar-refractivity contribution >= 4 is 5.69 Å². The number of halogens is 1. The van der Waals surface area contributed by atoms with E-state index >= 15 is 0 Å². The quantitative estimate of drug-likeness (QED) is 0.913. The standard InChI is InChI=1S/C16H26FN3/c1-5-18-11-13-7-6-8-14(17)15(13)20-10-9-19(4)16(2,3)12-20/h6-8,18H,5,9-12H2,1-4H3. The molecule has 1 aliphatic rings. The summed E-state index contributed by atoms with van der Waals surface area (Å²) in [5.74, 6) is -0.110. The van der Waals surface area contributed by atoms with E-state index in [0.29, 0.717) is 0 Å². The number of anilines is 1. The average molecular weight is 279 g/mol. The summed E-state index contributed by atoms with van der Waals surface area (Å²) >= 11 is 0. The summed E-state index contributed by atoms with van der Waals surface area (Å²) in [6.07, 6.45) is 0. The van der Waals surface area contributed by atoms with Gasteiger partial charge in [0.1, 0.15) is 5.82 Å². The molecule has 0 aliphatic carbocycles. The van der Waals surface area contributed by atoms with Crippen molar-refractivity contribution in [2.75, 3.05) is 38.1 Å². The van der Waals surface area contributed by atoms with E-state index in [0.717, 1.165) is 44.0 Å². The van der Waals surface area contributed by atoms with Crippen LogP contribution in [0.25, 0.3) is 0 Å². The lowest BCUT2D eigenvalue weighted by molar-refractivity contribution is 0.138. The molecule has 0 aromatic heterocycles. The van der Waals surface area contributed by atoms with Crippen LogP contribution in [0, 0.1) is 5.82 Å². The molecule has 1 aromatic carbocycles. The molecule has 1 saturated heterocycles. The van der Waals surface area contributed by atoms with Crippen molar-refractivity contribution in [1.29, 1.82) is 0 Å². The summed E-state index contributed by atoms with van der Waals surface area (Å²) in [5, 5.41) is 3.30. The van der Waals surface area contributed by atoms with E-state index in [-0.39, 0.29) is 11.4 Å². The Balaban J connectivity index is 2.27. The van der Waals surface area contributed by atoms with Gasteiger partial charge in [0.15, 0.2) is 0 Å². The van der Waals surface area contributed by atoms with Crippen molar-refractivity contribution in [2.24, 2.45) is 0 Å². The number of nitrogens with one attached hydrogen (secondary N) is 1. The highest BCUT2D eigenvalue weighted by Crippen LogP contribution is 2.29. The van der Waals surface area contributed by atoms with E-state index in [2.05, 4.69) is 42.9 Å². The van der Waals surface area contributed by atoms with E-state index < -0.39 is 0 Å². The average Bonchev–Trinajstić information content (AvgIpc) is 2.39. The van der Waals surface area contributed by atoms with Crippen LogP contribution in [-0.4, -0.2) is 43.7 Å². The van der Waals surface area contributed by atoms with Gasteiger partial charge in [-0.1, -0.05) is 19.1 Å². The summed E-state index contributed by atoms with van der Waals surface area (Å²) < 4.78 is 14.3. The van der Waals surface area contributed by atoms with E-state index in [1.54, 1.807) is 12.1 Å². The maximum absolute atomic E-state index is 14.3. The predicted octanol–water partition coefficient (Wildman–Crippen LogP) is 2.47. The minimum atomic E-state index is -0.110. The Kier molecular flexibility index (Phi) is 4.66. The summed E-state index contributed by atoms with van der Waals surface area (Å²) in [6, 6.07) is 5.38. The molecule has 0 spiro atoms. The lowest BCUT2D eigenvalue weighted by atomic mass is 9.98. The third-order valence-electron chi connectivity index (χ3n) is 4.27. The van der Waals surface area contributed by atoms with Crippen molar-refractivity contribution in [3.63, 3.8) is 0 Å². The SMILES string of the molecule is CCNCc1cccc(F)c1N1CCN(C)C(C)(C)C1. The number of benzene rings is 1. The van der Waals surface area contributed by atoms with Crippen LogP contribution in [0.5, 0.6) is 0 Å². The molecular weight excluding hydrogens is 253 g/mol. The molecule has 0 unspecified atom stereocenters. The topological polar surface area (TPSA) is 18.5 Å². The molecule has 1 aromatic rings. The fraction of sp³-hybridized carbons (Fsp3) is 0.625. The molecule has 2 rings (SSSR count). The van der Waals surface area contributed by atoms with E-state index in [9.17, 15) is 4.39 Å². The lowest BCUT2D eigenvalue weighted by Gasteiger charge is -2.46. The number of rotatable bonds is 4. The van der Waals surface area contributed by atoms with E-state index in [1.165, 1.54) is 0 Å². The minimum absolute atomic E-state index is 0.0655. The Morgan fingerprint density at radius 2 is 2.05 bits per heavy atom. The predicted molar refractivity (Wildman–Crippen MR) is 82.7 cm³/mol. The lowest BCUT2D eigenvalue weighted by Crippen LogP contribution is -2.58. The van der Waals surface area contributed by atoms with Crippen molar-refractivity contribution in [3.05, 3.63) is 29.6 Å². The van der Waals surface area contributed by atoms with Crippen LogP contribution in [0.2, 0.25) is 0 Å². The molecule has 0 amide bonds. The van der Waals surface area contributed by atoms with E-state index in [4.69, 9.17) is 0 Å². The first-order chi connectivity index (χ1) is 9.45. The first kappa shape index (κ1) is 15.3. The highest BCUT2D eigenvalue weighted by molar-refractivity contribution is 5.55. The second kappa shape index (κ2) is 6.10. The van der Waals surface area contributed by atoms with Crippen LogP contribution in [0.4, 0.5) is 10.1 Å². The normalized spacial score (nSPS) is 19.4. The largest absolute Gasteiger partial charge is 0.366 e. The van der Waals surface area contributed by atoms with Crippen molar-refractivity contribution in [3.8, 4) is 0 Å². The van der Waals surface area contributed by atoms with Crippen LogP contribution >= 0.6 is 0 Å². The van der Waals surface area contributed by atoms with Gasteiger partial charge < -0.3 is 10.2 Å². The van der Waals surface area contributed by atoms with E-state index in [1.807, 2.05) is 6.07 Å². The molecule has 1 fully saturated rings. The number of likely N-dealkylation sites (N-methyl/N-ethyl adjacent to an activating group) is 1. The Hall–Kier alpha value is -1.13. The molecule has 0 atom stereocenters. The van der Waals surface area contributed by atoms with Crippen molar-refractivity contribution < 1.29 is 4.39 Å². The van der Waals surface area contributed by atoms with Crippen LogP contribution in [0.3, 0.4) is 0 Å². The number of nitrogens with zero attached hydrogens (tertiary/aromatic N) is 2. The molecule has 1 N–H and O–H groups in total. The van der Waals surface area contributed by atoms with Gasteiger partial charge in [0, 0.05) is 31.7 Å². The van der Waals surface area contributed by atoms with Gasteiger partial charge in [-0.2, -0.15) is 0 Å². The number of para-hydroxylation sites is 1. The molecule has 1 aliphatic heterocycles. The highest BCUT2D eigenvalue weighted by atomic mass is 19.1. The molecule has 0 radical (unpaired) electrons. The monoisotopic (exact) mass is 279 g/mol. The van der Waals surface area contributed by atoms with Crippen LogP contribution in [-0.2, 0) is 6.54 Å². The summed E-state index contributed by atoms with van der Waals surface area (Å²) in [4.78, 5) is 4.54. The van der Waals surface area contributed by atoms with Gasteiger partial charge in [0.25, 0.3) is 0 Å². The number of hydrogen-bond acceptors (Lipinski definition) is 3. The summed E-state index contributed by atoms with van der Waals surface area (Å²) in [7, 11) is 2.14. The molecular formula is C16H26FN3. The highest BCUT2D eigenvalue weighted by Gasteiger charge is 2.32. The van der Waals surface area contributed by atoms with Crippen LogP contribution in [0.15, 0.2) is 18.2 Å². The second-order valence-corrected chi connectivity index (χ2v) is 6.18. The molecule has 0 saturated carbocycles. The zero-order valence-electron chi connectivity index (χ0n) is 13.0. The van der Waals surface area contributed by atoms with Gasteiger partial charge in [0.2, 0.25) is 0 Å². The summed E-state index contributed by atoms with van der Waals surface area (Å²) in [5.41, 5.74) is 1.89. The second-order valence-electron chi connectivity index (χ2n) is 6.18. The van der Waals surface area contributed by atoms with Gasteiger partial charge in [-0.25, -0.2) is 4.39 Å². The Bertz CT molecular complexity index is 459. The molecule has 4 heteroatoms. The smallest absolute Gasteiger partial charge is 0.146 e. The van der Waals surface area contributed by atoms with Crippen LogP contribution in [0.1, 0.15) is 26.3 Å².